The van der Waals surface area contributed by atoms with Crippen LogP contribution in [-0.4, -0.2) is 22.4 Å². The molecular weight excluding hydrogens is 587 g/mol. The van der Waals surface area contributed by atoms with Crippen LogP contribution in [-0.2, 0) is 0 Å². The number of para-hydroxylation sites is 2. The molecule has 48 heavy (non-hydrogen) atoms. The summed E-state index contributed by atoms with van der Waals surface area (Å²) in [6.45, 7) is 14.6. The van der Waals surface area contributed by atoms with Gasteiger partial charge < -0.3 is 10.7 Å². The molecule has 0 spiro atoms. The fourth-order valence-corrected chi connectivity index (χ4v) is 5.48. The van der Waals surface area contributed by atoms with E-state index in [1.54, 1.807) is 6.08 Å². The Morgan fingerprint density at radius 3 is 2.27 bits per heavy atom. The Kier molecular flexibility index (Phi) is 11.0. The molecule has 5 heteroatoms. The number of allylic oxidation sites excluding steroid dienone is 8. The van der Waals surface area contributed by atoms with E-state index in [2.05, 4.69) is 117 Å². The summed E-state index contributed by atoms with van der Waals surface area (Å²) >= 11 is 0. The molecule has 0 aliphatic carbocycles. The number of benzene rings is 3. The quantitative estimate of drug-likeness (QED) is 0.126. The second-order valence-electron chi connectivity index (χ2n) is 11.1. The number of pyridine rings is 2. The number of nitrogens with one attached hydrogen (secondary N) is 2. The van der Waals surface area contributed by atoms with E-state index in [0.29, 0.717) is 5.71 Å². The molecule has 6 rings (SSSR count). The summed E-state index contributed by atoms with van der Waals surface area (Å²) in [7, 11) is 0. The lowest BCUT2D eigenvalue weighted by molar-refractivity contribution is 1.05. The zero-order valence-corrected chi connectivity index (χ0v) is 27.4. The molecule has 0 saturated carbocycles. The minimum absolute atomic E-state index is 0.705. The summed E-state index contributed by atoms with van der Waals surface area (Å²) in [4.78, 5) is 15.0. The highest BCUT2D eigenvalue weighted by Crippen LogP contribution is 2.30. The van der Waals surface area contributed by atoms with Gasteiger partial charge in [0.05, 0.1) is 34.0 Å². The first kappa shape index (κ1) is 33.2. The number of aromatic nitrogens is 2. The van der Waals surface area contributed by atoms with Crippen molar-refractivity contribution < 1.29 is 0 Å². The van der Waals surface area contributed by atoms with E-state index >= 15 is 0 Å². The third-order valence-electron chi connectivity index (χ3n) is 7.94. The van der Waals surface area contributed by atoms with E-state index in [9.17, 15) is 0 Å². The average Bonchev–Trinajstić information content (AvgIpc) is 3.15. The van der Waals surface area contributed by atoms with Crippen LogP contribution in [0.15, 0.2) is 169 Å². The summed E-state index contributed by atoms with van der Waals surface area (Å²) in [6.07, 6.45) is 15.0. The Morgan fingerprint density at radius 1 is 0.812 bits per heavy atom. The monoisotopic (exact) mass is 625 g/mol. The summed E-state index contributed by atoms with van der Waals surface area (Å²) in [5, 5.41) is 10.1. The van der Waals surface area contributed by atoms with Gasteiger partial charge in [0.25, 0.3) is 0 Å². The van der Waals surface area contributed by atoms with E-state index in [1.165, 1.54) is 5.57 Å². The maximum atomic E-state index is 5.50. The standard InChI is InChI=1S/C42H36N4.CH3N/c1-5-12-32(13-6-2)38-24-23-34(28-43-38)30-18-20-31(21-19-30)35-26-41(36(7-3)44-37-16-10-8-14-29(37)4)46-42(27-35)40-25-22-33-15-9-11-17-39(33)45-40;1-2/h5-11,13-28,43H,1,3,12H2,2,4H3;2H,1H2/b13-6-,38-32+,44-36?;. The Hall–Kier alpha value is -6.20. The maximum absolute atomic E-state index is 5.50. The second kappa shape index (κ2) is 15.9. The van der Waals surface area contributed by atoms with Gasteiger partial charge in [0.1, 0.15) is 0 Å². The van der Waals surface area contributed by atoms with Gasteiger partial charge in [0, 0.05) is 17.3 Å². The number of nitrogens with zero attached hydrogens (tertiary/aromatic N) is 3. The molecule has 2 aromatic heterocycles. The molecule has 0 fully saturated rings. The fraction of sp³-hybridized carbons (Fsp3) is 0.0698. The zero-order valence-electron chi connectivity index (χ0n) is 27.4. The van der Waals surface area contributed by atoms with Crippen molar-refractivity contribution in [3.63, 3.8) is 0 Å². The molecule has 0 unspecified atom stereocenters. The van der Waals surface area contributed by atoms with Gasteiger partial charge in [0.2, 0.25) is 0 Å². The zero-order chi connectivity index (χ0) is 33.9. The van der Waals surface area contributed by atoms with E-state index in [4.69, 9.17) is 20.4 Å². The number of fused-ring (bicyclic) bond motifs is 1. The fourth-order valence-electron chi connectivity index (χ4n) is 5.48. The Morgan fingerprint density at radius 2 is 1.56 bits per heavy atom. The summed E-state index contributed by atoms with van der Waals surface area (Å²) in [5.74, 6) is 0. The highest BCUT2D eigenvalue weighted by molar-refractivity contribution is 6.09. The molecule has 2 N–H and O–H groups in total. The molecule has 0 radical (unpaired) electrons. The van der Waals surface area contributed by atoms with Crippen LogP contribution in [0.3, 0.4) is 0 Å². The molecule has 3 heterocycles. The molecule has 5 aromatic rings. The number of rotatable bonds is 9. The van der Waals surface area contributed by atoms with Crippen LogP contribution in [0.4, 0.5) is 5.69 Å². The van der Waals surface area contributed by atoms with Gasteiger partial charge in [-0.25, -0.2) is 15.0 Å². The first-order valence-corrected chi connectivity index (χ1v) is 15.8. The lowest BCUT2D eigenvalue weighted by Gasteiger charge is -2.15. The third-order valence-corrected chi connectivity index (χ3v) is 7.94. The average molecular weight is 626 g/mol. The van der Waals surface area contributed by atoms with Crippen molar-refractivity contribution in [3.8, 4) is 22.5 Å². The topological polar surface area (TPSA) is 74.0 Å². The third kappa shape index (κ3) is 7.60. The van der Waals surface area contributed by atoms with Gasteiger partial charge in [-0.3, -0.25) is 0 Å². The second-order valence-corrected chi connectivity index (χ2v) is 11.1. The molecule has 0 amide bonds. The molecular formula is C43H39N5. The van der Waals surface area contributed by atoms with Crippen LogP contribution >= 0.6 is 0 Å². The van der Waals surface area contributed by atoms with Crippen molar-refractivity contribution in [2.75, 3.05) is 0 Å². The van der Waals surface area contributed by atoms with Gasteiger partial charge in [-0.1, -0.05) is 97.6 Å². The minimum Gasteiger partial charge on any atom is -0.361 e. The van der Waals surface area contributed by atoms with Gasteiger partial charge in [-0.05, 0) is 103 Å². The molecule has 1 aliphatic heterocycles. The van der Waals surface area contributed by atoms with Crippen molar-refractivity contribution >= 4 is 34.6 Å². The van der Waals surface area contributed by atoms with Gasteiger partial charge in [-0.15, -0.1) is 6.58 Å². The summed E-state index contributed by atoms with van der Waals surface area (Å²) in [6, 6.07) is 33.1. The normalized spacial score (nSPS) is 13.7. The lowest BCUT2D eigenvalue weighted by atomic mass is 9.97. The Balaban J connectivity index is 0.00000221. The number of hydrogen-bond acceptors (Lipinski definition) is 5. The SMILES string of the molecule is C=CCC(/C=C\C)=C1/C=CC(c2ccc(-c3cc(C(C=C)=Nc4ccccc4C)nc(-c4ccc5ccccc5n4)c3)cc2)=CN1.C=N. The molecule has 5 nitrogen and oxygen atoms in total. The van der Waals surface area contributed by atoms with Crippen molar-refractivity contribution in [2.45, 2.75) is 20.3 Å². The van der Waals surface area contributed by atoms with Gasteiger partial charge in [0.15, 0.2) is 0 Å². The molecule has 0 atom stereocenters. The predicted octanol–water partition coefficient (Wildman–Crippen LogP) is 10.8. The van der Waals surface area contributed by atoms with E-state index in [0.717, 1.165) is 73.6 Å². The Bertz CT molecular complexity index is 2110. The van der Waals surface area contributed by atoms with Crippen LogP contribution in [0.25, 0.3) is 39.0 Å². The molecule has 236 valence electrons. The predicted molar refractivity (Wildman–Crippen MR) is 205 cm³/mol. The van der Waals surface area contributed by atoms with Crippen molar-refractivity contribution in [1.82, 2.24) is 15.3 Å². The van der Waals surface area contributed by atoms with Crippen LogP contribution in [0.5, 0.6) is 0 Å². The highest BCUT2D eigenvalue weighted by Gasteiger charge is 2.13. The molecule has 0 bridgehead atoms. The first-order chi connectivity index (χ1) is 23.6. The molecule has 3 aromatic carbocycles. The van der Waals surface area contributed by atoms with Crippen LogP contribution < -0.4 is 5.32 Å². The van der Waals surface area contributed by atoms with E-state index < -0.39 is 0 Å². The maximum Gasteiger partial charge on any atom is 0.0900 e. The summed E-state index contributed by atoms with van der Waals surface area (Å²) < 4.78 is 0. The van der Waals surface area contributed by atoms with Crippen molar-refractivity contribution in [3.05, 3.63) is 181 Å². The number of aryl methyl sites for hydroxylation is 1. The molecule has 0 saturated heterocycles. The van der Waals surface area contributed by atoms with E-state index in [-0.39, 0.29) is 0 Å². The van der Waals surface area contributed by atoms with Crippen LogP contribution in [0.1, 0.15) is 30.2 Å². The number of dihydropyridines is 1. The van der Waals surface area contributed by atoms with Crippen LogP contribution in [0, 0.1) is 12.3 Å². The van der Waals surface area contributed by atoms with Crippen LogP contribution in [0.2, 0.25) is 0 Å². The Labute approximate surface area is 283 Å². The van der Waals surface area contributed by atoms with Gasteiger partial charge in [-0.2, -0.15) is 0 Å². The largest absolute Gasteiger partial charge is 0.361 e. The minimum atomic E-state index is 0.705. The lowest BCUT2D eigenvalue weighted by Crippen LogP contribution is -2.10. The summed E-state index contributed by atoms with van der Waals surface area (Å²) in [5.41, 5.74) is 12.6. The van der Waals surface area contributed by atoms with Crippen molar-refractivity contribution in [1.29, 1.82) is 5.41 Å². The van der Waals surface area contributed by atoms with Gasteiger partial charge >= 0.3 is 0 Å². The first-order valence-electron chi connectivity index (χ1n) is 15.8. The van der Waals surface area contributed by atoms with E-state index in [1.807, 2.05) is 55.5 Å². The number of hydrogen-bond donors (Lipinski definition) is 2. The molecule has 1 aliphatic rings. The van der Waals surface area contributed by atoms with Crippen molar-refractivity contribution in [2.24, 2.45) is 4.99 Å². The number of aliphatic imine (C=N–C) groups is 1. The smallest absolute Gasteiger partial charge is 0.0900 e. The highest BCUT2D eigenvalue weighted by atomic mass is 14.9.